The highest BCUT2D eigenvalue weighted by Crippen LogP contribution is 2.26. The number of hydrogen-bond donors (Lipinski definition) is 0. The van der Waals surface area contributed by atoms with Crippen LogP contribution in [0, 0.1) is 0 Å². The fourth-order valence-electron chi connectivity index (χ4n) is 1.73. The first-order valence-electron chi connectivity index (χ1n) is 5.33. The lowest BCUT2D eigenvalue weighted by molar-refractivity contribution is -0.163. The Labute approximate surface area is 117 Å². The van der Waals surface area contributed by atoms with E-state index in [0.717, 1.165) is 12.2 Å². The summed E-state index contributed by atoms with van der Waals surface area (Å²) in [6.45, 7) is 13.7. The molecular formula is C15H28O4. The third-order valence-corrected chi connectivity index (χ3v) is 1.94. The third-order valence-electron chi connectivity index (χ3n) is 1.94. The van der Waals surface area contributed by atoms with Crippen LogP contribution in [0.3, 0.4) is 0 Å². The Morgan fingerprint density at radius 2 is 1.16 bits per heavy atom. The molecule has 19 heavy (non-hydrogen) atoms. The topological polar surface area (TPSA) is 52.6 Å². The lowest BCUT2D eigenvalue weighted by Gasteiger charge is -2.33. The molecule has 4 heteroatoms. The van der Waals surface area contributed by atoms with Crippen molar-refractivity contribution in [3.05, 3.63) is 25.3 Å². The second-order valence-electron chi connectivity index (χ2n) is 4.95. The van der Waals surface area contributed by atoms with Gasteiger partial charge in [-0.15, -0.1) is 0 Å². The van der Waals surface area contributed by atoms with Gasteiger partial charge in [-0.1, -0.05) is 28.0 Å². The molecule has 0 aromatic carbocycles. The first-order chi connectivity index (χ1) is 7.62. The smallest absolute Gasteiger partial charge is 0.330 e. The fraction of sp³-hybridized carbons (Fsp3) is 0.600. The van der Waals surface area contributed by atoms with Gasteiger partial charge in [-0.3, -0.25) is 0 Å². The van der Waals surface area contributed by atoms with Crippen molar-refractivity contribution >= 4 is 11.9 Å². The molecule has 0 aromatic heterocycles. The monoisotopic (exact) mass is 272 g/mol. The number of rotatable bonds is 6. The molecule has 0 aliphatic heterocycles. The summed E-state index contributed by atoms with van der Waals surface area (Å²) in [5.74, 6) is -0.998. The lowest BCUT2D eigenvalue weighted by Crippen LogP contribution is -2.39. The van der Waals surface area contributed by atoms with Crippen LogP contribution in [0.2, 0.25) is 0 Å². The fourth-order valence-corrected chi connectivity index (χ4v) is 1.73. The van der Waals surface area contributed by atoms with E-state index in [4.69, 9.17) is 9.47 Å². The van der Waals surface area contributed by atoms with Crippen LogP contribution in [-0.4, -0.2) is 23.1 Å². The van der Waals surface area contributed by atoms with Crippen LogP contribution in [0.15, 0.2) is 25.3 Å². The Bertz CT molecular complexity index is 295. The molecule has 0 amide bonds. The summed E-state index contributed by atoms with van der Waals surface area (Å²) in [6, 6.07) is 0. The van der Waals surface area contributed by atoms with Crippen molar-refractivity contribution < 1.29 is 19.1 Å². The van der Waals surface area contributed by atoms with Crippen LogP contribution in [0.5, 0.6) is 0 Å². The Balaban J connectivity index is -0.00000128. The van der Waals surface area contributed by atoms with Gasteiger partial charge in [0, 0.05) is 18.6 Å². The summed E-state index contributed by atoms with van der Waals surface area (Å²) < 4.78 is 10.3. The van der Waals surface area contributed by atoms with Crippen LogP contribution in [0.25, 0.3) is 0 Å². The summed E-state index contributed by atoms with van der Waals surface area (Å²) in [7, 11) is 0. The molecule has 0 aliphatic carbocycles. The molecule has 0 rings (SSSR count). The van der Waals surface area contributed by atoms with Crippen molar-refractivity contribution in [1.82, 2.24) is 0 Å². The maximum atomic E-state index is 11.1. The maximum Gasteiger partial charge on any atom is 0.330 e. The van der Waals surface area contributed by atoms with Gasteiger partial charge >= 0.3 is 11.9 Å². The van der Waals surface area contributed by atoms with Gasteiger partial charge in [0.1, 0.15) is 11.2 Å². The molecule has 0 N–H and O–H groups in total. The van der Waals surface area contributed by atoms with Gasteiger partial charge in [0.2, 0.25) is 0 Å². The lowest BCUT2D eigenvalue weighted by atomic mass is 9.92. The molecule has 112 valence electrons. The maximum absolute atomic E-state index is 11.1. The van der Waals surface area contributed by atoms with Crippen molar-refractivity contribution in [3.63, 3.8) is 0 Å². The second kappa shape index (κ2) is 8.51. The van der Waals surface area contributed by atoms with E-state index in [2.05, 4.69) is 13.2 Å². The highest BCUT2D eigenvalue weighted by atomic mass is 16.6. The molecule has 0 aromatic rings. The summed E-state index contributed by atoms with van der Waals surface area (Å²) in [4.78, 5) is 22.3. The largest absolute Gasteiger partial charge is 0.456 e. The predicted octanol–water partition coefficient (Wildman–Crippen LogP) is 3.66. The van der Waals surface area contributed by atoms with Crippen molar-refractivity contribution in [2.24, 2.45) is 0 Å². The standard InChI is InChI=1S/C13H20O4.2CH4/c1-7-10(14)16-12(3,4)9-13(5,6)17-11(15)8-2;;/h7-8H,1-2,9H2,3-6H3;2*1H4. The number of ether oxygens (including phenoxy) is 2. The van der Waals surface area contributed by atoms with Gasteiger partial charge in [0.15, 0.2) is 0 Å². The van der Waals surface area contributed by atoms with E-state index in [1.807, 2.05) is 0 Å². The summed E-state index contributed by atoms with van der Waals surface area (Å²) in [6.07, 6.45) is 2.58. The number of hydrogen-bond acceptors (Lipinski definition) is 4. The quantitative estimate of drug-likeness (QED) is 0.547. The van der Waals surface area contributed by atoms with E-state index in [-0.39, 0.29) is 14.9 Å². The number of carbonyl (C=O) groups is 2. The number of carbonyl (C=O) groups excluding carboxylic acids is 2. The predicted molar refractivity (Wildman–Crippen MR) is 78.8 cm³/mol. The average molecular weight is 272 g/mol. The van der Waals surface area contributed by atoms with Crippen molar-refractivity contribution in [3.8, 4) is 0 Å². The van der Waals surface area contributed by atoms with Crippen LogP contribution in [-0.2, 0) is 19.1 Å². The minimum Gasteiger partial charge on any atom is -0.456 e. The Kier molecular flexibility index (Phi) is 10.1. The van der Waals surface area contributed by atoms with Crippen LogP contribution >= 0.6 is 0 Å². The van der Waals surface area contributed by atoms with Gasteiger partial charge < -0.3 is 9.47 Å². The molecule has 0 aliphatic rings. The van der Waals surface area contributed by atoms with Crippen LogP contribution in [0.1, 0.15) is 49.0 Å². The molecule has 0 unspecified atom stereocenters. The molecular weight excluding hydrogens is 244 g/mol. The molecule has 0 saturated carbocycles. The van der Waals surface area contributed by atoms with Gasteiger partial charge in [-0.05, 0) is 27.7 Å². The third kappa shape index (κ3) is 10.1. The highest BCUT2D eigenvalue weighted by Gasteiger charge is 2.33. The summed E-state index contributed by atoms with van der Waals surface area (Å²) in [5, 5.41) is 0. The minimum atomic E-state index is -0.740. The molecule has 4 nitrogen and oxygen atoms in total. The molecule has 0 spiro atoms. The van der Waals surface area contributed by atoms with E-state index >= 15 is 0 Å². The Morgan fingerprint density at radius 3 is 1.37 bits per heavy atom. The van der Waals surface area contributed by atoms with Gasteiger partial charge in [0.25, 0.3) is 0 Å². The van der Waals surface area contributed by atoms with E-state index in [9.17, 15) is 9.59 Å². The van der Waals surface area contributed by atoms with Gasteiger partial charge in [-0.2, -0.15) is 0 Å². The molecule has 0 saturated heterocycles. The molecule has 0 atom stereocenters. The van der Waals surface area contributed by atoms with E-state index in [1.165, 1.54) is 0 Å². The first kappa shape index (κ1) is 22.6. The van der Waals surface area contributed by atoms with E-state index in [0.29, 0.717) is 6.42 Å². The van der Waals surface area contributed by atoms with Crippen molar-refractivity contribution in [2.75, 3.05) is 0 Å². The highest BCUT2D eigenvalue weighted by molar-refractivity contribution is 5.82. The molecule has 0 heterocycles. The SMILES string of the molecule is C.C.C=CC(=O)OC(C)(C)CC(C)(C)OC(=O)C=C. The van der Waals surface area contributed by atoms with Crippen molar-refractivity contribution in [1.29, 1.82) is 0 Å². The minimum absolute atomic E-state index is 0. The number of esters is 2. The first-order valence-corrected chi connectivity index (χ1v) is 5.33. The Morgan fingerprint density at radius 1 is 0.895 bits per heavy atom. The summed E-state index contributed by atoms with van der Waals surface area (Å²) >= 11 is 0. The Hall–Kier alpha value is -1.58. The molecule has 0 bridgehead atoms. The molecule has 0 radical (unpaired) electrons. The van der Waals surface area contributed by atoms with Crippen molar-refractivity contribution in [2.45, 2.75) is 60.2 Å². The van der Waals surface area contributed by atoms with Crippen LogP contribution < -0.4 is 0 Å². The zero-order chi connectivity index (χ0) is 13.7. The summed E-state index contributed by atoms with van der Waals surface area (Å²) in [5.41, 5.74) is -1.48. The average Bonchev–Trinajstić information content (AvgIpc) is 2.13. The zero-order valence-electron chi connectivity index (χ0n) is 10.9. The van der Waals surface area contributed by atoms with Gasteiger partial charge in [0.05, 0.1) is 0 Å². The second-order valence-corrected chi connectivity index (χ2v) is 4.95. The van der Waals surface area contributed by atoms with E-state index < -0.39 is 23.1 Å². The van der Waals surface area contributed by atoms with E-state index in [1.54, 1.807) is 27.7 Å². The normalized spacial score (nSPS) is 10.3. The van der Waals surface area contributed by atoms with Gasteiger partial charge in [-0.25, -0.2) is 9.59 Å². The zero-order valence-corrected chi connectivity index (χ0v) is 10.9. The van der Waals surface area contributed by atoms with Crippen LogP contribution in [0.4, 0.5) is 0 Å². The molecule has 0 fully saturated rings.